The zero-order valence-electron chi connectivity index (χ0n) is 21.4. The van der Waals surface area contributed by atoms with Gasteiger partial charge >= 0.3 is 6.09 Å². The number of hydrogen-bond donors (Lipinski definition) is 3. The summed E-state index contributed by atoms with van der Waals surface area (Å²) in [6.45, 7) is 10.5. The van der Waals surface area contributed by atoms with Gasteiger partial charge in [-0.15, -0.1) is 0 Å². The number of nitrogens with zero attached hydrogens (tertiary/aromatic N) is 2. The topological polar surface area (TPSA) is 151 Å². The summed E-state index contributed by atoms with van der Waals surface area (Å²) in [6.07, 6.45) is -0.712. The van der Waals surface area contributed by atoms with E-state index in [0.29, 0.717) is 22.9 Å². The normalized spacial score (nSPS) is 11.9. The Kier molecular flexibility index (Phi) is 8.62. The van der Waals surface area contributed by atoms with E-state index in [4.69, 9.17) is 29.4 Å². The van der Waals surface area contributed by atoms with Gasteiger partial charge in [0.05, 0.1) is 19.2 Å². The van der Waals surface area contributed by atoms with Gasteiger partial charge in [-0.05, 0) is 52.8 Å². The van der Waals surface area contributed by atoms with Gasteiger partial charge < -0.3 is 28.8 Å². The lowest BCUT2D eigenvalue weighted by molar-refractivity contribution is 0.0517. The summed E-state index contributed by atoms with van der Waals surface area (Å²) in [6, 6.07) is 3.72. The highest BCUT2D eigenvalue weighted by Crippen LogP contribution is 2.23. The zero-order valence-corrected chi connectivity index (χ0v) is 21.4. The molecule has 2 rings (SSSR count). The number of oxazole rings is 1. The first-order chi connectivity index (χ1) is 16.2. The predicted octanol–water partition coefficient (Wildman–Crippen LogP) is 3.80. The molecule has 0 spiro atoms. The molecule has 35 heavy (non-hydrogen) atoms. The van der Waals surface area contributed by atoms with E-state index in [1.807, 2.05) is 0 Å². The lowest BCUT2D eigenvalue weighted by atomic mass is 10.1. The maximum atomic E-state index is 13.0. The average Bonchev–Trinajstić information content (AvgIpc) is 3.07. The molecule has 1 heterocycles. The number of carbonyl (C=O) groups excluding carboxylic acids is 2. The summed E-state index contributed by atoms with van der Waals surface area (Å²) in [4.78, 5) is 30.7. The van der Waals surface area contributed by atoms with Crippen molar-refractivity contribution in [1.29, 1.82) is 10.8 Å². The molecule has 1 aromatic heterocycles. The highest BCUT2D eigenvalue weighted by atomic mass is 16.6. The maximum absolute atomic E-state index is 13.0. The molecular weight excluding hydrogens is 454 g/mol. The van der Waals surface area contributed by atoms with Crippen LogP contribution in [0.2, 0.25) is 0 Å². The average molecular weight is 488 g/mol. The number of rotatable bonds is 7. The summed E-state index contributed by atoms with van der Waals surface area (Å²) < 4.78 is 21.3. The predicted molar refractivity (Wildman–Crippen MR) is 129 cm³/mol. The molecule has 1 aromatic carbocycles. The molecule has 190 valence electrons. The van der Waals surface area contributed by atoms with Gasteiger partial charge in [0.15, 0.2) is 5.89 Å². The van der Waals surface area contributed by atoms with Gasteiger partial charge in [-0.25, -0.2) is 9.78 Å². The van der Waals surface area contributed by atoms with Crippen LogP contribution in [0.5, 0.6) is 5.75 Å². The smallest absolute Gasteiger partial charge is 0.408 e. The van der Waals surface area contributed by atoms with Crippen molar-refractivity contribution in [3.05, 3.63) is 46.7 Å². The minimum Gasteiger partial charge on any atom is -0.496 e. The molecule has 0 aliphatic carbocycles. The number of benzene rings is 1. The standard InChI is InChI=1S/C24H33N5O6/c1-13(27-23(31)35-24(4,5)6)20(25)34-21(26)17-11-16(9-10-19(17)32-8)22(30)29(7)12-18-14(2)33-15(3)28-18/h9-11,13,25-26H,12H2,1-8H3,(H,27,31)/t13-/m0/s1. The lowest BCUT2D eigenvalue weighted by Gasteiger charge is -2.22. The lowest BCUT2D eigenvalue weighted by Crippen LogP contribution is -2.42. The molecule has 0 aliphatic heterocycles. The minimum atomic E-state index is -0.860. The van der Waals surface area contributed by atoms with E-state index in [2.05, 4.69) is 10.3 Å². The Labute approximate surface area is 204 Å². The van der Waals surface area contributed by atoms with Crippen LogP contribution < -0.4 is 10.1 Å². The molecule has 0 saturated heterocycles. The number of amides is 2. The quantitative estimate of drug-likeness (QED) is 0.397. The van der Waals surface area contributed by atoms with Crippen LogP contribution >= 0.6 is 0 Å². The number of aromatic nitrogens is 1. The molecule has 11 nitrogen and oxygen atoms in total. The van der Waals surface area contributed by atoms with Crippen molar-refractivity contribution in [3.63, 3.8) is 0 Å². The number of ether oxygens (including phenoxy) is 3. The van der Waals surface area contributed by atoms with Crippen LogP contribution in [0.15, 0.2) is 22.6 Å². The summed E-state index contributed by atoms with van der Waals surface area (Å²) >= 11 is 0. The van der Waals surface area contributed by atoms with Crippen LogP contribution in [0, 0.1) is 24.7 Å². The maximum Gasteiger partial charge on any atom is 0.408 e. The number of alkyl carbamates (subject to hydrolysis) is 1. The largest absolute Gasteiger partial charge is 0.496 e. The van der Waals surface area contributed by atoms with Crippen molar-refractivity contribution < 1.29 is 28.2 Å². The van der Waals surface area contributed by atoms with Gasteiger partial charge in [-0.2, -0.15) is 0 Å². The second-order valence-corrected chi connectivity index (χ2v) is 8.98. The molecule has 2 amide bonds. The van der Waals surface area contributed by atoms with E-state index >= 15 is 0 Å². The van der Waals surface area contributed by atoms with Crippen molar-refractivity contribution in [2.45, 2.75) is 59.7 Å². The molecule has 0 saturated carbocycles. The number of nitrogens with one attached hydrogen (secondary N) is 3. The van der Waals surface area contributed by atoms with Crippen LogP contribution in [0.3, 0.4) is 0 Å². The molecule has 0 unspecified atom stereocenters. The third-order valence-corrected chi connectivity index (χ3v) is 4.76. The first kappa shape index (κ1) is 27.4. The third-order valence-electron chi connectivity index (χ3n) is 4.76. The molecule has 0 aliphatic rings. The summed E-state index contributed by atoms with van der Waals surface area (Å²) in [5.74, 6) is 0.349. The van der Waals surface area contributed by atoms with Crippen LogP contribution in [0.1, 0.15) is 61.0 Å². The van der Waals surface area contributed by atoms with Crippen LogP contribution in [-0.4, -0.2) is 59.5 Å². The zero-order chi connectivity index (χ0) is 26.5. The summed E-state index contributed by atoms with van der Waals surface area (Å²) in [5.41, 5.74) is 0.427. The van der Waals surface area contributed by atoms with Gasteiger partial charge in [-0.3, -0.25) is 15.6 Å². The van der Waals surface area contributed by atoms with E-state index in [9.17, 15) is 9.59 Å². The Bertz CT molecular complexity index is 1120. The van der Waals surface area contributed by atoms with E-state index in [1.54, 1.807) is 53.8 Å². The van der Waals surface area contributed by atoms with Gasteiger partial charge in [0.25, 0.3) is 5.91 Å². The highest BCUT2D eigenvalue weighted by molar-refractivity contribution is 6.04. The second-order valence-electron chi connectivity index (χ2n) is 8.98. The molecule has 2 aromatic rings. The van der Waals surface area contributed by atoms with Gasteiger partial charge in [-0.1, -0.05) is 0 Å². The highest BCUT2D eigenvalue weighted by Gasteiger charge is 2.23. The van der Waals surface area contributed by atoms with Gasteiger partial charge in [0, 0.05) is 19.5 Å². The Morgan fingerprint density at radius 3 is 2.43 bits per heavy atom. The van der Waals surface area contributed by atoms with Gasteiger partial charge in [0.2, 0.25) is 11.8 Å². The van der Waals surface area contributed by atoms with E-state index in [1.165, 1.54) is 25.0 Å². The second kappa shape index (κ2) is 11.0. The molecule has 0 radical (unpaired) electrons. The Morgan fingerprint density at radius 1 is 1.23 bits per heavy atom. The van der Waals surface area contributed by atoms with E-state index < -0.39 is 23.6 Å². The number of aryl methyl sites for hydroxylation is 2. The summed E-state index contributed by atoms with van der Waals surface area (Å²) in [7, 11) is 3.06. The van der Waals surface area contributed by atoms with Crippen molar-refractivity contribution in [3.8, 4) is 5.75 Å². The third kappa shape index (κ3) is 7.56. The fraction of sp³-hybridized carbons (Fsp3) is 0.458. The summed E-state index contributed by atoms with van der Waals surface area (Å²) in [5, 5.41) is 18.9. The SMILES string of the molecule is COc1ccc(C(=O)N(C)Cc2nc(C)oc2C)cc1C(=N)OC(=N)[C@H](C)NC(=O)OC(C)(C)C. The number of methoxy groups -OCH3 is 1. The molecule has 1 atom stereocenters. The first-order valence-electron chi connectivity index (χ1n) is 10.9. The molecule has 3 N–H and O–H groups in total. The van der Waals surface area contributed by atoms with Crippen molar-refractivity contribution in [2.24, 2.45) is 0 Å². The monoisotopic (exact) mass is 487 g/mol. The molecule has 11 heteroatoms. The Balaban J connectivity index is 2.14. The molecular formula is C24H33N5O6. The van der Waals surface area contributed by atoms with Crippen LogP contribution in [0.4, 0.5) is 4.79 Å². The Morgan fingerprint density at radius 2 is 1.89 bits per heavy atom. The van der Waals surface area contributed by atoms with Crippen LogP contribution in [0.25, 0.3) is 0 Å². The first-order valence-corrected chi connectivity index (χ1v) is 10.9. The fourth-order valence-electron chi connectivity index (χ4n) is 3.06. The Hall–Kier alpha value is -3.89. The van der Waals surface area contributed by atoms with Crippen molar-refractivity contribution in [2.75, 3.05) is 14.2 Å². The fourth-order valence-corrected chi connectivity index (χ4v) is 3.06. The van der Waals surface area contributed by atoms with E-state index in [0.717, 1.165) is 0 Å². The molecule has 0 bridgehead atoms. The number of hydrogen-bond acceptors (Lipinski definition) is 9. The van der Waals surface area contributed by atoms with E-state index in [-0.39, 0.29) is 29.7 Å². The van der Waals surface area contributed by atoms with Crippen LogP contribution in [-0.2, 0) is 16.0 Å². The minimum absolute atomic E-state index is 0.175. The van der Waals surface area contributed by atoms with Crippen molar-refractivity contribution >= 4 is 23.8 Å². The molecule has 0 fully saturated rings. The van der Waals surface area contributed by atoms with Gasteiger partial charge in [0.1, 0.15) is 28.8 Å². The number of carbonyl (C=O) groups is 2. The van der Waals surface area contributed by atoms with Crippen molar-refractivity contribution in [1.82, 2.24) is 15.2 Å².